The van der Waals surface area contributed by atoms with Gasteiger partial charge in [-0.2, -0.15) is 0 Å². The molecular weight excluding hydrogens is 254 g/mol. The van der Waals surface area contributed by atoms with Gasteiger partial charge in [0.05, 0.1) is 6.26 Å². The van der Waals surface area contributed by atoms with E-state index in [9.17, 15) is 9.59 Å². The third kappa shape index (κ3) is 2.79. The van der Waals surface area contributed by atoms with Gasteiger partial charge in [0.2, 0.25) is 5.69 Å². The summed E-state index contributed by atoms with van der Waals surface area (Å²) in [5.41, 5.74) is 0.0214. The molecule has 0 saturated heterocycles. The Hall–Kier alpha value is -2.64. The van der Waals surface area contributed by atoms with Gasteiger partial charge < -0.3 is 14.6 Å². The van der Waals surface area contributed by atoms with Gasteiger partial charge in [-0.15, -0.1) is 5.10 Å². The molecule has 100 valence electrons. The van der Waals surface area contributed by atoms with Crippen LogP contribution >= 0.6 is 0 Å². The zero-order chi connectivity index (χ0) is 13.8. The van der Waals surface area contributed by atoms with E-state index >= 15 is 0 Å². The van der Waals surface area contributed by atoms with Crippen LogP contribution in [0.25, 0.3) is 11.5 Å². The van der Waals surface area contributed by atoms with E-state index in [4.69, 9.17) is 14.6 Å². The van der Waals surface area contributed by atoms with Crippen molar-refractivity contribution in [1.29, 1.82) is 0 Å². The van der Waals surface area contributed by atoms with Crippen LogP contribution in [-0.4, -0.2) is 37.1 Å². The molecule has 0 unspecified atom stereocenters. The summed E-state index contributed by atoms with van der Waals surface area (Å²) in [4.78, 5) is 21.5. The zero-order valence-electron chi connectivity index (χ0n) is 9.81. The van der Waals surface area contributed by atoms with E-state index in [0.717, 1.165) is 0 Å². The van der Waals surface area contributed by atoms with Crippen molar-refractivity contribution in [2.75, 3.05) is 0 Å². The second-order valence-electron chi connectivity index (χ2n) is 3.79. The second-order valence-corrected chi connectivity index (χ2v) is 3.79. The molecule has 0 aliphatic rings. The van der Waals surface area contributed by atoms with Crippen molar-refractivity contribution in [3.63, 3.8) is 0 Å². The van der Waals surface area contributed by atoms with Crippen LogP contribution in [0.3, 0.4) is 0 Å². The third-order valence-corrected chi connectivity index (χ3v) is 2.45. The Kier molecular flexibility index (Phi) is 3.60. The number of aryl methyl sites for hydroxylation is 1. The predicted molar refractivity (Wildman–Crippen MR) is 61.6 cm³/mol. The maximum Gasteiger partial charge on any atom is 0.358 e. The third-order valence-electron chi connectivity index (χ3n) is 2.45. The molecule has 0 bridgehead atoms. The smallest absolute Gasteiger partial charge is 0.358 e. The summed E-state index contributed by atoms with van der Waals surface area (Å²) in [7, 11) is 0. The Labute approximate surface area is 107 Å². The van der Waals surface area contributed by atoms with Gasteiger partial charge in [0.25, 0.3) is 0 Å². The molecule has 2 rings (SSSR count). The lowest BCUT2D eigenvalue weighted by atomic mass is 10.2. The van der Waals surface area contributed by atoms with Crippen molar-refractivity contribution in [1.82, 2.24) is 15.0 Å². The Morgan fingerprint density at radius 3 is 2.74 bits per heavy atom. The Morgan fingerprint density at radius 2 is 2.16 bits per heavy atom. The fourth-order valence-electron chi connectivity index (χ4n) is 1.65. The van der Waals surface area contributed by atoms with Crippen molar-refractivity contribution >= 4 is 11.9 Å². The highest BCUT2D eigenvalue weighted by atomic mass is 16.4. The van der Waals surface area contributed by atoms with Crippen LogP contribution in [0.15, 0.2) is 22.8 Å². The number of aromatic nitrogens is 3. The minimum absolute atomic E-state index is 0.0279. The first-order chi connectivity index (χ1) is 9.09. The Bertz CT molecular complexity index is 588. The van der Waals surface area contributed by atoms with Crippen molar-refractivity contribution < 1.29 is 24.2 Å². The molecule has 0 radical (unpaired) electrons. The summed E-state index contributed by atoms with van der Waals surface area (Å²) in [5.74, 6) is -1.80. The molecule has 19 heavy (non-hydrogen) atoms. The van der Waals surface area contributed by atoms with Crippen LogP contribution in [0.5, 0.6) is 0 Å². The van der Waals surface area contributed by atoms with E-state index in [1.54, 1.807) is 12.1 Å². The number of aliphatic carboxylic acids is 1. The molecule has 0 saturated carbocycles. The molecular formula is C11H11N3O5. The molecule has 0 fully saturated rings. The number of furan rings is 1. The molecule has 0 atom stereocenters. The first-order valence-corrected chi connectivity index (χ1v) is 5.52. The van der Waals surface area contributed by atoms with E-state index in [-0.39, 0.29) is 24.4 Å². The molecule has 2 aromatic heterocycles. The summed E-state index contributed by atoms with van der Waals surface area (Å²) in [5, 5.41) is 24.9. The first-order valence-electron chi connectivity index (χ1n) is 5.52. The van der Waals surface area contributed by atoms with Crippen LogP contribution < -0.4 is 0 Å². The van der Waals surface area contributed by atoms with E-state index in [0.29, 0.717) is 12.2 Å². The van der Waals surface area contributed by atoms with E-state index in [1.807, 2.05) is 0 Å². The highest BCUT2D eigenvalue weighted by Crippen LogP contribution is 2.23. The summed E-state index contributed by atoms with van der Waals surface area (Å²) >= 11 is 0. The lowest BCUT2D eigenvalue weighted by molar-refractivity contribution is -0.137. The van der Waals surface area contributed by atoms with Crippen LogP contribution in [-0.2, 0) is 11.3 Å². The average Bonchev–Trinajstić information content (AvgIpc) is 2.94. The van der Waals surface area contributed by atoms with E-state index in [1.165, 1.54) is 10.9 Å². The van der Waals surface area contributed by atoms with Crippen LogP contribution in [0.2, 0.25) is 0 Å². The number of carboxylic acids is 2. The number of hydrogen-bond acceptors (Lipinski definition) is 5. The molecule has 0 aliphatic heterocycles. The molecule has 0 aromatic carbocycles. The van der Waals surface area contributed by atoms with Gasteiger partial charge in [-0.3, -0.25) is 4.79 Å². The van der Waals surface area contributed by atoms with E-state index < -0.39 is 11.9 Å². The number of aromatic carboxylic acids is 1. The molecule has 0 aliphatic carbocycles. The first kappa shape index (κ1) is 12.8. The van der Waals surface area contributed by atoms with Gasteiger partial charge in [-0.05, 0) is 18.6 Å². The Balaban J connectivity index is 2.28. The standard InChI is InChI=1S/C11H11N3O5/c15-8(16)4-1-5-14-10(7-3-2-6-19-7)9(11(17)18)12-13-14/h2-3,6H,1,4-5H2,(H,15,16)(H,17,18). The molecule has 8 heteroatoms. The molecule has 8 nitrogen and oxygen atoms in total. The maximum atomic E-state index is 11.1. The normalized spacial score (nSPS) is 10.5. The zero-order valence-corrected chi connectivity index (χ0v) is 9.81. The van der Waals surface area contributed by atoms with Crippen molar-refractivity contribution in [2.45, 2.75) is 19.4 Å². The van der Waals surface area contributed by atoms with Crippen molar-refractivity contribution in [2.24, 2.45) is 0 Å². The van der Waals surface area contributed by atoms with Gasteiger partial charge in [-0.25, -0.2) is 9.48 Å². The predicted octanol–water partition coefficient (Wildman–Crippen LogP) is 1.10. The molecule has 2 heterocycles. The minimum atomic E-state index is -1.21. The Morgan fingerprint density at radius 1 is 1.37 bits per heavy atom. The lowest BCUT2D eigenvalue weighted by Gasteiger charge is -2.03. The SMILES string of the molecule is O=C(O)CCCn1nnc(C(=O)O)c1-c1ccco1. The highest BCUT2D eigenvalue weighted by Gasteiger charge is 2.22. The monoisotopic (exact) mass is 265 g/mol. The summed E-state index contributed by atoms with van der Waals surface area (Å²) < 4.78 is 6.49. The maximum absolute atomic E-state index is 11.1. The quantitative estimate of drug-likeness (QED) is 0.802. The number of nitrogens with zero attached hydrogens (tertiary/aromatic N) is 3. The van der Waals surface area contributed by atoms with Gasteiger partial charge in [0, 0.05) is 13.0 Å². The average molecular weight is 265 g/mol. The summed E-state index contributed by atoms with van der Waals surface area (Å²) in [6, 6.07) is 3.22. The van der Waals surface area contributed by atoms with Gasteiger partial charge in [-0.1, -0.05) is 5.21 Å². The van der Waals surface area contributed by atoms with Crippen LogP contribution in [0, 0.1) is 0 Å². The van der Waals surface area contributed by atoms with Gasteiger partial charge in [0.15, 0.2) is 5.76 Å². The molecule has 0 amide bonds. The summed E-state index contributed by atoms with van der Waals surface area (Å²) in [6.45, 7) is 0.253. The lowest BCUT2D eigenvalue weighted by Crippen LogP contribution is -2.06. The minimum Gasteiger partial charge on any atom is -0.481 e. The van der Waals surface area contributed by atoms with Gasteiger partial charge >= 0.3 is 11.9 Å². The topological polar surface area (TPSA) is 118 Å². The van der Waals surface area contributed by atoms with Crippen molar-refractivity contribution in [3.05, 3.63) is 24.1 Å². The van der Waals surface area contributed by atoms with E-state index in [2.05, 4.69) is 10.3 Å². The fourth-order valence-corrected chi connectivity index (χ4v) is 1.65. The molecule has 0 spiro atoms. The molecule has 2 aromatic rings. The fraction of sp³-hybridized carbons (Fsp3) is 0.273. The highest BCUT2D eigenvalue weighted by molar-refractivity contribution is 5.91. The number of carbonyl (C=O) groups is 2. The second kappa shape index (κ2) is 5.34. The number of rotatable bonds is 6. The number of hydrogen-bond donors (Lipinski definition) is 2. The van der Waals surface area contributed by atoms with Crippen LogP contribution in [0.1, 0.15) is 23.3 Å². The van der Waals surface area contributed by atoms with Gasteiger partial charge in [0.1, 0.15) is 5.69 Å². The largest absolute Gasteiger partial charge is 0.481 e. The van der Waals surface area contributed by atoms with Crippen LogP contribution in [0.4, 0.5) is 0 Å². The summed E-state index contributed by atoms with van der Waals surface area (Å²) in [6.07, 6.45) is 1.71. The molecule has 2 N–H and O–H groups in total. The van der Waals surface area contributed by atoms with Crippen molar-refractivity contribution in [3.8, 4) is 11.5 Å². The number of carboxylic acid groups (broad SMARTS) is 2.